The highest BCUT2D eigenvalue weighted by Crippen LogP contribution is 2.31. The number of nitrogens with one attached hydrogen (secondary N) is 2. The van der Waals surface area contributed by atoms with Crippen LogP contribution in [-0.2, 0) is 9.53 Å². The van der Waals surface area contributed by atoms with E-state index in [0.29, 0.717) is 0 Å². The molecule has 2 aliphatic rings. The lowest BCUT2D eigenvalue weighted by Crippen LogP contribution is -2.51. The van der Waals surface area contributed by atoms with Crippen molar-refractivity contribution in [2.45, 2.75) is 6.10 Å². The van der Waals surface area contributed by atoms with Gasteiger partial charge in [-0.2, -0.15) is 0 Å². The van der Waals surface area contributed by atoms with Crippen molar-refractivity contribution in [2.24, 2.45) is 0 Å². The first-order chi connectivity index (χ1) is 17.2. The zero-order valence-electron chi connectivity index (χ0n) is 18.8. The molecule has 192 valence electrons. The minimum absolute atomic E-state index is 0.0309. The first-order valence-electron chi connectivity index (χ1n) is 10.9. The predicted octanol–water partition coefficient (Wildman–Crippen LogP) is 0.624. The zero-order chi connectivity index (χ0) is 25.8. The van der Waals surface area contributed by atoms with Crippen molar-refractivity contribution in [3.8, 4) is 0 Å². The molecule has 1 atom stereocenters. The number of anilines is 2. The van der Waals surface area contributed by atoms with Gasteiger partial charge in [-0.25, -0.2) is 18.4 Å². The average molecular weight is 508 g/mol. The molecule has 4 rings (SSSR count). The van der Waals surface area contributed by atoms with Crippen molar-refractivity contribution in [1.29, 1.82) is 0 Å². The number of halogens is 2. The van der Waals surface area contributed by atoms with E-state index in [1.807, 2.05) is 0 Å². The van der Waals surface area contributed by atoms with Crippen LogP contribution in [0.1, 0.15) is 10.6 Å². The fourth-order valence-electron chi connectivity index (χ4n) is 3.92. The van der Waals surface area contributed by atoms with Gasteiger partial charge in [0.15, 0.2) is 11.6 Å². The van der Waals surface area contributed by atoms with Crippen LogP contribution in [0.25, 0.3) is 0 Å². The van der Waals surface area contributed by atoms with Crippen LogP contribution in [0.2, 0.25) is 0 Å². The first kappa shape index (κ1) is 24.7. The summed E-state index contributed by atoms with van der Waals surface area (Å²) in [6, 6.07) is 3.36. The molecule has 0 saturated carbocycles. The van der Waals surface area contributed by atoms with E-state index >= 15 is 0 Å². The van der Waals surface area contributed by atoms with Gasteiger partial charge in [-0.05, 0) is 0 Å². The fourth-order valence-corrected chi connectivity index (χ4v) is 3.92. The summed E-state index contributed by atoms with van der Waals surface area (Å²) in [7, 11) is 0. The number of amides is 4. The second kappa shape index (κ2) is 10.5. The van der Waals surface area contributed by atoms with Crippen molar-refractivity contribution >= 4 is 35.4 Å². The lowest BCUT2D eigenvalue weighted by atomic mass is 10.2. The predicted molar refractivity (Wildman–Crippen MR) is 118 cm³/mol. The fraction of sp³-hybridized carbons (Fsp3) is 0.381. The summed E-state index contributed by atoms with van der Waals surface area (Å²) in [4.78, 5) is 50.9. The van der Waals surface area contributed by atoms with Crippen molar-refractivity contribution in [3.05, 3.63) is 41.8 Å². The van der Waals surface area contributed by atoms with Gasteiger partial charge >= 0.3 is 12.2 Å². The third-order valence-corrected chi connectivity index (χ3v) is 5.68. The largest absolute Gasteiger partial charge is 0.465 e. The van der Waals surface area contributed by atoms with Crippen molar-refractivity contribution in [2.75, 3.05) is 55.6 Å². The summed E-state index contributed by atoms with van der Waals surface area (Å²) in [5, 5.41) is 16.6. The van der Waals surface area contributed by atoms with Crippen LogP contribution in [0.4, 0.5) is 29.7 Å². The number of aromatic nitrogens is 1. The number of nitrogens with zero attached hydrogens (tertiary/aromatic N) is 4. The maximum Gasteiger partial charge on any atom is 0.414 e. The first-order valence-corrected chi connectivity index (χ1v) is 10.9. The smallest absolute Gasteiger partial charge is 0.414 e. The molecule has 0 spiro atoms. The van der Waals surface area contributed by atoms with Crippen molar-refractivity contribution in [1.82, 2.24) is 20.7 Å². The molecule has 2 saturated heterocycles. The van der Waals surface area contributed by atoms with E-state index in [-0.39, 0.29) is 68.9 Å². The van der Waals surface area contributed by atoms with E-state index in [1.165, 1.54) is 22.1 Å². The second-order valence-corrected chi connectivity index (χ2v) is 7.99. The quantitative estimate of drug-likeness (QED) is 0.488. The van der Waals surface area contributed by atoms with Gasteiger partial charge in [0.25, 0.3) is 5.91 Å². The average Bonchev–Trinajstić information content (AvgIpc) is 3.51. The van der Waals surface area contributed by atoms with E-state index in [1.54, 1.807) is 0 Å². The Hall–Kier alpha value is -4.43. The minimum Gasteiger partial charge on any atom is -0.465 e. The van der Waals surface area contributed by atoms with E-state index < -0.39 is 35.8 Å². The Labute approximate surface area is 202 Å². The number of hydrogen-bond donors (Lipinski definition) is 3. The van der Waals surface area contributed by atoms with E-state index in [4.69, 9.17) is 14.4 Å². The minimum atomic E-state index is -1.29. The Balaban J connectivity index is 1.33. The van der Waals surface area contributed by atoms with Crippen molar-refractivity contribution in [3.63, 3.8) is 0 Å². The number of carboxylic acid groups (broad SMARTS) is 1. The van der Waals surface area contributed by atoms with Gasteiger partial charge in [-0.15, -0.1) is 0 Å². The van der Waals surface area contributed by atoms with Gasteiger partial charge in [-0.3, -0.25) is 14.5 Å². The molecular formula is C21H22F2N6O7. The number of piperazine rings is 1. The lowest BCUT2D eigenvalue weighted by molar-refractivity contribution is -0.130. The molecule has 2 fully saturated rings. The normalized spacial score (nSPS) is 17.7. The van der Waals surface area contributed by atoms with Gasteiger partial charge in [0, 0.05) is 44.4 Å². The summed E-state index contributed by atoms with van der Waals surface area (Å²) in [6.45, 7) is 0.125. The van der Waals surface area contributed by atoms with Gasteiger partial charge in [0.1, 0.15) is 11.8 Å². The summed E-state index contributed by atoms with van der Waals surface area (Å²) in [5.41, 5.74) is -0.353. The molecule has 4 amide bonds. The van der Waals surface area contributed by atoms with E-state index in [0.717, 1.165) is 17.0 Å². The number of carbonyl (C=O) groups excluding carboxylic acids is 3. The molecule has 0 unspecified atom stereocenters. The number of cyclic esters (lactones) is 1. The summed E-state index contributed by atoms with van der Waals surface area (Å²) in [6.07, 6.45) is -1.63. The molecule has 36 heavy (non-hydrogen) atoms. The Morgan fingerprint density at radius 2 is 1.81 bits per heavy atom. The maximum absolute atomic E-state index is 14.9. The van der Waals surface area contributed by atoms with E-state index in [2.05, 4.69) is 15.8 Å². The lowest BCUT2D eigenvalue weighted by Gasteiger charge is -2.36. The molecule has 13 nitrogen and oxygen atoms in total. The van der Waals surface area contributed by atoms with Gasteiger partial charge in [0.2, 0.25) is 11.7 Å². The van der Waals surface area contributed by atoms with Crippen LogP contribution in [0, 0.1) is 11.6 Å². The van der Waals surface area contributed by atoms with Crippen LogP contribution in [0.3, 0.4) is 0 Å². The Morgan fingerprint density at radius 3 is 2.42 bits per heavy atom. The maximum atomic E-state index is 14.9. The highest BCUT2D eigenvalue weighted by molar-refractivity contribution is 5.94. The molecule has 2 aromatic rings. The van der Waals surface area contributed by atoms with Crippen LogP contribution in [0.5, 0.6) is 0 Å². The third kappa shape index (κ3) is 5.45. The Kier molecular flexibility index (Phi) is 7.17. The molecule has 0 radical (unpaired) electrons. The number of carbonyl (C=O) groups is 4. The highest BCUT2D eigenvalue weighted by Gasteiger charge is 2.34. The molecule has 3 heterocycles. The summed E-state index contributed by atoms with van der Waals surface area (Å²) >= 11 is 0. The molecule has 15 heteroatoms. The zero-order valence-corrected chi connectivity index (χ0v) is 18.8. The van der Waals surface area contributed by atoms with E-state index in [9.17, 15) is 28.0 Å². The molecular weight excluding hydrogens is 486 g/mol. The number of ether oxygens (including phenoxy) is 1. The van der Waals surface area contributed by atoms with Gasteiger partial charge in [-0.1, -0.05) is 5.16 Å². The van der Waals surface area contributed by atoms with Crippen LogP contribution in [0.15, 0.2) is 28.9 Å². The molecule has 1 aromatic carbocycles. The monoisotopic (exact) mass is 508 g/mol. The Bertz CT molecular complexity index is 1130. The number of rotatable bonds is 7. The molecule has 0 aliphatic carbocycles. The topological polar surface area (TPSA) is 158 Å². The molecule has 1 aromatic heterocycles. The standard InChI is InChI=1S/C21H22F2N6O7/c22-14-7-12(29-11-13(35-21(29)34)9-25-20(32)33)8-15(23)18(14)28-5-3-27(4-6-28)17(30)10-24-19(31)16-1-2-26-36-16/h1-2,7-8,13,25H,3-6,9-11H2,(H,24,31)(H,32,33)/t13-/m0/s1. The summed E-state index contributed by atoms with van der Waals surface area (Å²) in [5.74, 6) is -2.78. The third-order valence-electron chi connectivity index (χ3n) is 5.68. The van der Waals surface area contributed by atoms with Crippen LogP contribution < -0.4 is 20.4 Å². The highest BCUT2D eigenvalue weighted by atomic mass is 19.1. The van der Waals surface area contributed by atoms with Gasteiger partial charge in [0.05, 0.1) is 31.5 Å². The second-order valence-electron chi connectivity index (χ2n) is 7.99. The van der Waals surface area contributed by atoms with Crippen LogP contribution in [-0.4, -0.2) is 91.1 Å². The summed E-state index contributed by atoms with van der Waals surface area (Å²) < 4.78 is 39.6. The molecule has 0 bridgehead atoms. The number of benzene rings is 1. The SMILES string of the molecule is O=C(O)NC[C@H]1CN(c2cc(F)c(N3CCN(C(=O)CNC(=O)c4ccno4)CC3)c(F)c2)C(=O)O1. The van der Waals surface area contributed by atoms with Crippen molar-refractivity contribution < 1.29 is 42.3 Å². The van der Waals surface area contributed by atoms with Gasteiger partial charge < -0.3 is 34.8 Å². The van der Waals surface area contributed by atoms with Crippen LogP contribution >= 0.6 is 0 Å². The number of hydrogen-bond acceptors (Lipinski definition) is 8. The Morgan fingerprint density at radius 1 is 1.11 bits per heavy atom. The molecule has 2 aliphatic heterocycles. The molecule has 3 N–H and O–H groups in total.